The van der Waals surface area contributed by atoms with Gasteiger partial charge in [0.25, 0.3) is 5.56 Å². The number of nitrogens with zero attached hydrogens (tertiary/aromatic N) is 1. The number of rotatable bonds is 3. The van der Waals surface area contributed by atoms with E-state index in [1.54, 1.807) is 38.2 Å². The molecule has 2 amide bonds. The van der Waals surface area contributed by atoms with Crippen molar-refractivity contribution in [3.05, 3.63) is 76.2 Å². The minimum Gasteiger partial charge on any atom is -0.328 e. The predicted molar refractivity (Wildman–Crippen MR) is 96.1 cm³/mol. The number of amides is 2. The fourth-order valence-corrected chi connectivity index (χ4v) is 2.74. The largest absolute Gasteiger partial charge is 0.328 e. The van der Waals surface area contributed by atoms with E-state index in [0.717, 1.165) is 12.1 Å². The van der Waals surface area contributed by atoms with Crippen LogP contribution in [0.3, 0.4) is 0 Å². The second kappa shape index (κ2) is 6.95. The molecule has 2 aromatic carbocycles. The molecular weight excluding hydrogens is 340 g/mol. The molecule has 26 heavy (non-hydrogen) atoms. The average molecular weight is 357 g/mol. The van der Waals surface area contributed by atoms with Crippen LogP contribution < -0.4 is 10.9 Å². The highest BCUT2D eigenvalue weighted by Gasteiger charge is 2.21. The zero-order valence-electron chi connectivity index (χ0n) is 14.2. The van der Waals surface area contributed by atoms with Crippen LogP contribution in [0, 0.1) is 11.6 Å². The Morgan fingerprint density at radius 3 is 2.38 bits per heavy atom. The van der Waals surface area contributed by atoms with Gasteiger partial charge in [-0.3, -0.25) is 4.79 Å². The van der Waals surface area contributed by atoms with Crippen LogP contribution in [0.1, 0.15) is 18.5 Å². The van der Waals surface area contributed by atoms with E-state index in [2.05, 4.69) is 10.3 Å². The van der Waals surface area contributed by atoms with Crippen molar-refractivity contribution in [1.29, 1.82) is 0 Å². The second-order valence-corrected chi connectivity index (χ2v) is 5.97. The molecule has 2 N–H and O–H groups in total. The summed E-state index contributed by atoms with van der Waals surface area (Å²) in [4.78, 5) is 28.3. The number of halogens is 2. The van der Waals surface area contributed by atoms with Crippen LogP contribution in [0.2, 0.25) is 0 Å². The number of anilines is 1. The fraction of sp³-hybridized carbons (Fsp3) is 0.158. The first-order valence-electron chi connectivity index (χ1n) is 7.97. The molecule has 0 aliphatic heterocycles. The molecule has 0 saturated carbocycles. The van der Waals surface area contributed by atoms with E-state index in [0.29, 0.717) is 11.3 Å². The van der Waals surface area contributed by atoms with Gasteiger partial charge in [-0.15, -0.1) is 0 Å². The Balaban J connectivity index is 1.95. The molecule has 0 radical (unpaired) electrons. The molecule has 134 valence electrons. The predicted octanol–water partition coefficient (Wildman–Crippen LogP) is 4.03. The third-order valence-corrected chi connectivity index (χ3v) is 4.35. The molecule has 0 aliphatic carbocycles. The molecule has 0 bridgehead atoms. The van der Waals surface area contributed by atoms with Gasteiger partial charge in [-0.2, -0.15) is 0 Å². The number of carbonyl (C=O) groups excluding carboxylic acids is 1. The molecule has 1 aromatic heterocycles. The molecule has 0 saturated heterocycles. The number of pyridine rings is 1. The molecule has 1 atom stereocenters. The lowest BCUT2D eigenvalue weighted by atomic mass is 10.0. The standard InChI is InChI=1S/C19H17F2N3O2/c1-11(24(2)19(26)23-12-6-4-3-5-7-12)15-10-22-18(25)14-9-17(21)16(20)8-13(14)15/h3-11H,1-2H3,(H,22,25)(H,23,26)/t11-/m0/s1. The highest BCUT2D eigenvalue weighted by atomic mass is 19.2. The quantitative estimate of drug-likeness (QED) is 0.743. The lowest BCUT2D eigenvalue weighted by Crippen LogP contribution is -2.34. The van der Waals surface area contributed by atoms with Crippen molar-refractivity contribution in [3.63, 3.8) is 0 Å². The number of fused-ring (bicyclic) bond motifs is 1. The zero-order chi connectivity index (χ0) is 18.8. The van der Waals surface area contributed by atoms with Crippen molar-refractivity contribution < 1.29 is 13.6 Å². The lowest BCUT2D eigenvalue weighted by Gasteiger charge is -2.26. The van der Waals surface area contributed by atoms with Gasteiger partial charge in [0, 0.05) is 18.9 Å². The van der Waals surface area contributed by atoms with Crippen LogP contribution in [0.4, 0.5) is 19.3 Å². The summed E-state index contributed by atoms with van der Waals surface area (Å²) in [6, 6.07) is 9.92. The Morgan fingerprint density at radius 2 is 1.73 bits per heavy atom. The lowest BCUT2D eigenvalue weighted by molar-refractivity contribution is 0.208. The number of H-pyrrole nitrogens is 1. The zero-order valence-corrected chi connectivity index (χ0v) is 14.2. The van der Waals surface area contributed by atoms with Crippen molar-refractivity contribution in [2.45, 2.75) is 13.0 Å². The molecule has 3 aromatic rings. The summed E-state index contributed by atoms with van der Waals surface area (Å²) in [5.74, 6) is -2.14. The van der Waals surface area contributed by atoms with Crippen molar-refractivity contribution >= 4 is 22.5 Å². The highest BCUT2D eigenvalue weighted by Crippen LogP contribution is 2.27. The van der Waals surface area contributed by atoms with Gasteiger partial charge in [0.15, 0.2) is 11.6 Å². The van der Waals surface area contributed by atoms with Gasteiger partial charge in [0.05, 0.1) is 11.4 Å². The summed E-state index contributed by atoms with van der Waals surface area (Å²) in [6.45, 7) is 1.74. The highest BCUT2D eigenvalue weighted by molar-refractivity contribution is 5.90. The number of benzene rings is 2. The average Bonchev–Trinajstić information content (AvgIpc) is 2.63. The fourth-order valence-electron chi connectivity index (χ4n) is 2.74. The van der Waals surface area contributed by atoms with E-state index in [-0.39, 0.29) is 16.8 Å². The van der Waals surface area contributed by atoms with Crippen molar-refractivity contribution in [2.24, 2.45) is 0 Å². The van der Waals surface area contributed by atoms with E-state index in [1.165, 1.54) is 11.1 Å². The van der Waals surface area contributed by atoms with E-state index in [1.807, 2.05) is 6.07 Å². The number of carbonyl (C=O) groups is 1. The molecule has 3 rings (SSSR count). The summed E-state index contributed by atoms with van der Waals surface area (Å²) in [7, 11) is 1.58. The number of nitrogens with one attached hydrogen (secondary N) is 2. The van der Waals surface area contributed by atoms with Gasteiger partial charge in [-0.05, 0) is 42.1 Å². The van der Waals surface area contributed by atoms with Crippen LogP contribution in [0.25, 0.3) is 10.8 Å². The molecule has 1 heterocycles. The van der Waals surface area contributed by atoms with Crippen LogP contribution in [-0.2, 0) is 0 Å². The van der Waals surface area contributed by atoms with Gasteiger partial charge in [-0.25, -0.2) is 13.6 Å². The van der Waals surface area contributed by atoms with Gasteiger partial charge in [0.1, 0.15) is 0 Å². The van der Waals surface area contributed by atoms with Crippen molar-refractivity contribution in [3.8, 4) is 0 Å². The summed E-state index contributed by atoms with van der Waals surface area (Å²) in [6.07, 6.45) is 1.42. The van der Waals surface area contributed by atoms with Gasteiger partial charge in [0.2, 0.25) is 0 Å². The molecule has 0 spiro atoms. The maximum absolute atomic E-state index is 13.7. The number of hydrogen-bond acceptors (Lipinski definition) is 2. The molecule has 5 nitrogen and oxygen atoms in total. The van der Waals surface area contributed by atoms with E-state index in [4.69, 9.17) is 0 Å². The van der Waals surface area contributed by atoms with E-state index < -0.39 is 23.2 Å². The minimum absolute atomic E-state index is 0.0325. The van der Waals surface area contributed by atoms with E-state index in [9.17, 15) is 18.4 Å². The first-order valence-corrected chi connectivity index (χ1v) is 7.97. The number of para-hydroxylation sites is 1. The monoisotopic (exact) mass is 357 g/mol. The molecule has 0 aliphatic rings. The maximum atomic E-state index is 13.7. The number of aromatic amines is 1. The first kappa shape index (κ1) is 17.6. The molecule has 7 heteroatoms. The van der Waals surface area contributed by atoms with E-state index >= 15 is 0 Å². The molecule has 0 unspecified atom stereocenters. The number of aromatic nitrogens is 1. The van der Waals surface area contributed by atoms with Gasteiger partial charge < -0.3 is 15.2 Å². The van der Waals surface area contributed by atoms with Crippen LogP contribution >= 0.6 is 0 Å². The Labute approximate surface area is 148 Å². The number of hydrogen-bond donors (Lipinski definition) is 2. The van der Waals surface area contributed by atoms with Crippen LogP contribution in [0.15, 0.2) is 53.5 Å². The second-order valence-electron chi connectivity index (χ2n) is 5.97. The Hall–Kier alpha value is -3.22. The van der Waals surface area contributed by atoms with Crippen molar-refractivity contribution in [2.75, 3.05) is 12.4 Å². The summed E-state index contributed by atoms with van der Waals surface area (Å²) >= 11 is 0. The number of urea groups is 1. The SMILES string of the molecule is C[C@@H](c1c[nH]c(=O)c2cc(F)c(F)cc12)N(C)C(=O)Nc1ccccc1. The summed E-state index contributed by atoms with van der Waals surface area (Å²) in [5.41, 5.74) is 0.617. The third kappa shape index (κ3) is 3.28. The minimum atomic E-state index is -1.09. The van der Waals surface area contributed by atoms with Gasteiger partial charge >= 0.3 is 6.03 Å². The summed E-state index contributed by atoms with van der Waals surface area (Å²) in [5, 5.41) is 3.05. The Bertz CT molecular complexity index is 1020. The normalized spacial score (nSPS) is 12.0. The molecular formula is C19H17F2N3O2. The Morgan fingerprint density at radius 1 is 1.12 bits per heavy atom. The van der Waals surface area contributed by atoms with Crippen LogP contribution in [0.5, 0.6) is 0 Å². The summed E-state index contributed by atoms with van der Waals surface area (Å²) < 4.78 is 27.2. The topological polar surface area (TPSA) is 65.2 Å². The van der Waals surface area contributed by atoms with Crippen molar-refractivity contribution in [1.82, 2.24) is 9.88 Å². The maximum Gasteiger partial charge on any atom is 0.322 e. The van der Waals surface area contributed by atoms with Gasteiger partial charge in [-0.1, -0.05) is 18.2 Å². The smallest absolute Gasteiger partial charge is 0.322 e. The van der Waals surface area contributed by atoms with Crippen LogP contribution in [-0.4, -0.2) is 23.0 Å². The molecule has 0 fully saturated rings. The first-order chi connectivity index (χ1) is 12.4. The Kier molecular flexibility index (Phi) is 4.71. The third-order valence-electron chi connectivity index (χ3n) is 4.35.